The van der Waals surface area contributed by atoms with Crippen LogP contribution in [0.3, 0.4) is 0 Å². The van der Waals surface area contributed by atoms with Crippen LogP contribution in [0.25, 0.3) is 0 Å². The highest BCUT2D eigenvalue weighted by atomic mass is 35.5. The topological polar surface area (TPSA) is 56.9 Å². The Kier molecular flexibility index (Phi) is 4.74. The molecule has 0 aliphatic heterocycles. The van der Waals surface area contributed by atoms with E-state index in [0.29, 0.717) is 21.4 Å². The van der Waals surface area contributed by atoms with Crippen LogP contribution < -0.4 is 0 Å². The molecule has 3 rings (SSSR count). The zero-order valence-corrected chi connectivity index (χ0v) is 13.8. The molecule has 1 aromatic heterocycles. The lowest BCUT2D eigenvalue weighted by Crippen LogP contribution is -2.09. The number of nitrogens with zero attached hydrogens (tertiary/aromatic N) is 2. The monoisotopic (exact) mass is 348 g/mol. The van der Waals surface area contributed by atoms with Crippen LogP contribution in [-0.4, -0.2) is 10.1 Å². The summed E-state index contributed by atoms with van der Waals surface area (Å²) in [6.07, 6.45) is 3.65. The van der Waals surface area contributed by atoms with Crippen LogP contribution in [-0.2, 0) is 18.6 Å². The lowest BCUT2D eigenvalue weighted by Gasteiger charge is -2.20. The van der Waals surface area contributed by atoms with E-state index in [9.17, 15) is 14.8 Å². The molecule has 23 heavy (non-hydrogen) atoms. The van der Waals surface area contributed by atoms with Crippen LogP contribution >= 0.6 is 23.4 Å². The van der Waals surface area contributed by atoms with Crippen molar-refractivity contribution >= 4 is 23.4 Å². The molecule has 0 bridgehead atoms. The van der Waals surface area contributed by atoms with E-state index in [1.54, 1.807) is 12.1 Å². The number of pyridine rings is 1. The minimum Gasteiger partial charge on any atom is -0.492 e. The Morgan fingerprint density at radius 3 is 2.74 bits per heavy atom. The minimum atomic E-state index is -0.350. The van der Waals surface area contributed by atoms with Gasteiger partial charge in [0.25, 0.3) is 0 Å². The number of benzene rings is 1. The lowest BCUT2D eigenvalue weighted by molar-refractivity contribution is 0.442. The van der Waals surface area contributed by atoms with Crippen LogP contribution in [0.1, 0.15) is 35.1 Å². The molecular weight excluding hydrogens is 335 g/mol. The van der Waals surface area contributed by atoms with Gasteiger partial charge >= 0.3 is 0 Å². The fourth-order valence-corrected chi connectivity index (χ4v) is 4.03. The predicted molar refractivity (Wildman–Crippen MR) is 88.2 cm³/mol. The first kappa shape index (κ1) is 16.1. The second-order valence-corrected chi connectivity index (χ2v) is 6.82. The minimum absolute atomic E-state index is 0.229. The summed E-state index contributed by atoms with van der Waals surface area (Å²) in [5.74, 6) is -0.183. The fourth-order valence-electron chi connectivity index (χ4n) is 2.79. The van der Waals surface area contributed by atoms with Crippen molar-refractivity contribution in [3.8, 4) is 11.9 Å². The van der Waals surface area contributed by atoms with Crippen molar-refractivity contribution in [2.45, 2.75) is 36.5 Å². The molecule has 0 atom stereocenters. The molecule has 0 radical (unpaired) electrons. The molecule has 0 amide bonds. The normalized spacial score (nSPS) is 13.4. The molecular formula is C17H14ClFN2OS. The number of aromatic nitrogens is 1. The van der Waals surface area contributed by atoms with Crippen molar-refractivity contribution in [1.82, 2.24) is 4.98 Å². The molecule has 0 saturated heterocycles. The van der Waals surface area contributed by atoms with Gasteiger partial charge in [0.15, 0.2) is 0 Å². The Morgan fingerprint density at radius 1 is 1.30 bits per heavy atom. The lowest BCUT2D eigenvalue weighted by atomic mass is 9.90. The Hall–Kier alpha value is -1.77. The van der Waals surface area contributed by atoms with Gasteiger partial charge in [-0.3, -0.25) is 0 Å². The number of hydrogen-bond acceptors (Lipinski definition) is 4. The summed E-state index contributed by atoms with van der Waals surface area (Å²) in [4.78, 5) is 4.17. The molecule has 0 spiro atoms. The Balaban J connectivity index is 1.91. The summed E-state index contributed by atoms with van der Waals surface area (Å²) in [6, 6.07) is 6.64. The first-order chi connectivity index (χ1) is 11.1. The van der Waals surface area contributed by atoms with Gasteiger partial charge in [0.2, 0.25) is 5.88 Å². The standard InChI is InChI=1S/C17H14ClFN2OS/c18-11-6-5-10(15(19)7-11)9-23-17-13-4-2-1-3-12(13)14(8-20)16(22)21-17/h5-7H,1-4,9H2,(H,21,22). The Labute approximate surface area is 143 Å². The third-order valence-electron chi connectivity index (χ3n) is 3.95. The van der Waals surface area contributed by atoms with E-state index >= 15 is 0 Å². The van der Waals surface area contributed by atoms with Gasteiger partial charge in [-0.1, -0.05) is 17.7 Å². The maximum atomic E-state index is 13.9. The average Bonchev–Trinajstić information content (AvgIpc) is 2.54. The molecule has 1 aliphatic rings. The molecule has 2 aromatic rings. The van der Waals surface area contributed by atoms with Crippen LogP contribution in [0.15, 0.2) is 23.2 Å². The molecule has 1 aromatic carbocycles. The van der Waals surface area contributed by atoms with Gasteiger partial charge < -0.3 is 5.11 Å². The molecule has 6 heteroatoms. The molecule has 0 unspecified atom stereocenters. The summed E-state index contributed by atoms with van der Waals surface area (Å²) in [7, 11) is 0. The van der Waals surface area contributed by atoms with E-state index in [-0.39, 0.29) is 17.3 Å². The van der Waals surface area contributed by atoms with E-state index in [1.807, 2.05) is 6.07 Å². The number of aromatic hydroxyl groups is 1. The van der Waals surface area contributed by atoms with Gasteiger partial charge in [-0.05, 0) is 54.5 Å². The molecule has 1 heterocycles. The first-order valence-electron chi connectivity index (χ1n) is 7.31. The molecule has 118 valence electrons. The van der Waals surface area contributed by atoms with Crippen molar-refractivity contribution < 1.29 is 9.50 Å². The predicted octanol–water partition coefficient (Wildman–Crippen LogP) is 4.62. The maximum absolute atomic E-state index is 13.9. The van der Waals surface area contributed by atoms with Gasteiger partial charge in [0.05, 0.1) is 0 Å². The Morgan fingerprint density at radius 2 is 2.04 bits per heavy atom. The highest BCUT2D eigenvalue weighted by Gasteiger charge is 2.22. The summed E-state index contributed by atoms with van der Waals surface area (Å²) < 4.78 is 13.9. The van der Waals surface area contributed by atoms with Gasteiger partial charge in [-0.2, -0.15) is 5.26 Å². The van der Waals surface area contributed by atoms with Crippen LogP contribution in [0, 0.1) is 17.1 Å². The molecule has 1 N–H and O–H groups in total. The van der Waals surface area contributed by atoms with Gasteiger partial charge in [0, 0.05) is 10.8 Å². The van der Waals surface area contributed by atoms with E-state index < -0.39 is 0 Å². The van der Waals surface area contributed by atoms with E-state index in [4.69, 9.17) is 11.6 Å². The number of thioether (sulfide) groups is 1. The van der Waals surface area contributed by atoms with E-state index in [2.05, 4.69) is 4.98 Å². The smallest absolute Gasteiger partial charge is 0.230 e. The number of hydrogen-bond donors (Lipinski definition) is 1. The quantitative estimate of drug-likeness (QED) is 0.822. The molecule has 0 fully saturated rings. The third-order valence-corrected chi connectivity index (χ3v) is 5.25. The maximum Gasteiger partial charge on any atom is 0.230 e. The van der Waals surface area contributed by atoms with Crippen molar-refractivity contribution in [1.29, 1.82) is 5.26 Å². The SMILES string of the molecule is N#Cc1c(O)nc(SCc2ccc(Cl)cc2F)c2c1CCCC2. The molecule has 3 nitrogen and oxygen atoms in total. The van der Waals surface area contributed by atoms with Crippen molar-refractivity contribution in [3.05, 3.63) is 51.3 Å². The zero-order chi connectivity index (χ0) is 16.4. The summed E-state index contributed by atoms with van der Waals surface area (Å²) >= 11 is 7.14. The first-order valence-corrected chi connectivity index (χ1v) is 8.68. The van der Waals surface area contributed by atoms with Crippen molar-refractivity contribution in [3.63, 3.8) is 0 Å². The van der Waals surface area contributed by atoms with Crippen molar-refractivity contribution in [2.24, 2.45) is 0 Å². The third kappa shape index (κ3) is 3.29. The average molecular weight is 349 g/mol. The van der Waals surface area contributed by atoms with Gasteiger partial charge in [-0.25, -0.2) is 9.37 Å². The largest absolute Gasteiger partial charge is 0.492 e. The zero-order valence-electron chi connectivity index (χ0n) is 12.3. The number of fused-ring (bicyclic) bond motifs is 1. The van der Waals surface area contributed by atoms with Crippen molar-refractivity contribution in [2.75, 3.05) is 0 Å². The van der Waals surface area contributed by atoms with Crippen LogP contribution in [0.4, 0.5) is 4.39 Å². The number of rotatable bonds is 3. The Bertz CT molecular complexity index is 804. The summed E-state index contributed by atoms with van der Waals surface area (Å²) in [6.45, 7) is 0. The van der Waals surface area contributed by atoms with Gasteiger partial charge in [0.1, 0.15) is 22.5 Å². The summed E-state index contributed by atoms with van der Waals surface area (Å²) in [5, 5.41) is 20.3. The van der Waals surface area contributed by atoms with Crippen LogP contribution in [0.2, 0.25) is 5.02 Å². The second kappa shape index (κ2) is 6.77. The second-order valence-electron chi connectivity index (χ2n) is 5.42. The van der Waals surface area contributed by atoms with E-state index in [0.717, 1.165) is 36.8 Å². The fraction of sp³-hybridized carbons (Fsp3) is 0.294. The van der Waals surface area contributed by atoms with Crippen LogP contribution in [0.5, 0.6) is 5.88 Å². The number of halogens is 2. The molecule has 0 saturated carbocycles. The highest BCUT2D eigenvalue weighted by molar-refractivity contribution is 7.98. The van der Waals surface area contributed by atoms with Gasteiger partial charge in [-0.15, -0.1) is 11.8 Å². The number of nitriles is 1. The van der Waals surface area contributed by atoms with E-state index in [1.165, 1.54) is 17.8 Å². The summed E-state index contributed by atoms with van der Waals surface area (Å²) in [5.41, 5.74) is 2.73. The highest BCUT2D eigenvalue weighted by Crippen LogP contribution is 2.36. The molecule has 1 aliphatic carbocycles.